The number of nitrogens with zero attached hydrogens (tertiary/aromatic N) is 7. The monoisotopic (exact) mass is 659 g/mol. The van der Waals surface area contributed by atoms with E-state index in [9.17, 15) is 5.26 Å². The summed E-state index contributed by atoms with van der Waals surface area (Å²) in [5.74, 6) is 0. The number of pyridine rings is 2. The number of anilines is 3. The number of hydrogen-bond acceptors (Lipinski definition) is 8. The van der Waals surface area contributed by atoms with Crippen molar-refractivity contribution >= 4 is 62.8 Å². The Bertz CT molecular complexity index is 1870. The van der Waals surface area contributed by atoms with Gasteiger partial charge in [-0.25, -0.2) is 4.68 Å². The molecule has 0 unspecified atom stereocenters. The number of fused-ring (bicyclic) bond motifs is 1. The van der Waals surface area contributed by atoms with Gasteiger partial charge in [0.25, 0.3) is 0 Å². The van der Waals surface area contributed by atoms with Gasteiger partial charge in [-0.1, -0.05) is 52.1 Å². The molecule has 1 atom stereocenters. The maximum Gasteiger partial charge on any atom is 0.109 e. The Hall–Kier alpha value is -3.94. The van der Waals surface area contributed by atoms with Crippen LogP contribution in [-0.2, 0) is 0 Å². The lowest BCUT2D eigenvalue weighted by Crippen LogP contribution is -2.46. The summed E-state index contributed by atoms with van der Waals surface area (Å²) in [6, 6.07) is 15.1. The molecule has 2 aromatic carbocycles. The predicted octanol–water partition coefficient (Wildman–Crippen LogP) is 8.43. The summed E-state index contributed by atoms with van der Waals surface area (Å²) in [5.41, 5.74) is 4.66. The molecule has 9 nitrogen and oxygen atoms in total. The number of halogens is 3. The molecule has 0 amide bonds. The van der Waals surface area contributed by atoms with Gasteiger partial charge in [0.2, 0.25) is 0 Å². The third kappa shape index (κ3) is 6.85. The van der Waals surface area contributed by atoms with E-state index in [1.54, 1.807) is 30.7 Å². The van der Waals surface area contributed by atoms with Crippen LogP contribution in [-0.4, -0.2) is 48.5 Å². The van der Waals surface area contributed by atoms with Gasteiger partial charge in [0.15, 0.2) is 0 Å². The Balaban J connectivity index is 1.37. The molecule has 1 fully saturated rings. The van der Waals surface area contributed by atoms with Crippen LogP contribution in [0, 0.1) is 11.3 Å². The fourth-order valence-corrected chi connectivity index (χ4v) is 6.28. The van der Waals surface area contributed by atoms with Crippen molar-refractivity contribution in [2.24, 2.45) is 0 Å². The van der Waals surface area contributed by atoms with Gasteiger partial charge in [0.05, 0.1) is 57.6 Å². The van der Waals surface area contributed by atoms with Crippen LogP contribution < -0.4 is 10.6 Å². The molecule has 1 aliphatic heterocycles. The second kappa shape index (κ2) is 12.8. The zero-order chi connectivity index (χ0) is 31.7. The Kier molecular flexibility index (Phi) is 8.85. The van der Waals surface area contributed by atoms with Crippen LogP contribution in [0.25, 0.3) is 10.9 Å². The molecule has 0 spiro atoms. The van der Waals surface area contributed by atoms with Gasteiger partial charge >= 0.3 is 0 Å². The molecule has 4 heterocycles. The molecule has 0 aliphatic carbocycles. The molecule has 230 valence electrons. The van der Waals surface area contributed by atoms with Crippen molar-refractivity contribution in [1.82, 2.24) is 29.9 Å². The first kappa shape index (κ1) is 31.1. The molecule has 6 rings (SSSR count). The Morgan fingerprint density at radius 2 is 1.71 bits per heavy atom. The number of rotatable bonds is 7. The number of nitrogens with one attached hydrogen (secondary N) is 2. The van der Waals surface area contributed by atoms with Crippen LogP contribution in [0.2, 0.25) is 15.1 Å². The number of aromatic nitrogens is 5. The SMILES string of the molecule is CC(C)(C)N1CCC(n2cc([C@@H](Nc3cc(Cl)cc4c(Nc5cncc(Cl)c5)c(C#N)cnc34)c3ccc(Cl)cc3)nn2)CC1. The van der Waals surface area contributed by atoms with Gasteiger partial charge in [-0.2, -0.15) is 5.26 Å². The molecule has 0 bridgehead atoms. The molecular weight excluding hydrogens is 629 g/mol. The lowest BCUT2D eigenvalue weighted by atomic mass is 9.98. The Morgan fingerprint density at radius 3 is 2.40 bits per heavy atom. The van der Waals surface area contributed by atoms with E-state index in [0.29, 0.717) is 48.6 Å². The fraction of sp³-hybridized carbons (Fsp3) is 0.303. The van der Waals surface area contributed by atoms with E-state index in [-0.39, 0.29) is 11.6 Å². The second-order valence-corrected chi connectivity index (χ2v) is 13.5. The third-order valence-corrected chi connectivity index (χ3v) is 8.82. The van der Waals surface area contributed by atoms with E-state index < -0.39 is 6.04 Å². The van der Waals surface area contributed by atoms with Crippen LogP contribution in [0.3, 0.4) is 0 Å². The molecule has 0 saturated carbocycles. The molecule has 1 saturated heterocycles. The van der Waals surface area contributed by atoms with Crippen LogP contribution in [0.1, 0.15) is 62.5 Å². The van der Waals surface area contributed by atoms with Crippen molar-refractivity contribution in [1.29, 1.82) is 5.26 Å². The Morgan fingerprint density at radius 1 is 0.956 bits per heavy atom. The predicted molar refractivity (Wildman–Crippen MR) is 181 cm³/mol. The molecule has 45 heavy (non-hydrogen) atoms. The van der Waals surface area contributed by atoms with Crippen molar-refractivity contribution in [2.75, 3.05) is 23.7 Å². The van der Waals surface area contributed by atoms with Crippen LogP contribution >= 0.6 is 34.8 Å². The summed E-state index contributed by atoms with van der Waals surface area (Å²) in [5, 5.41) is 28.3. The highest BCUT2D eigenvalue weighted by Gasteiger charge is 2.29. The zero-order valence-electron chi connectivity index (χ0n) is 25.1. The smallest absolute Gasteiger partial charge is 0.109 e. The lowest BCUT2D eigenvalue weighted by molar-refractivity contribution is 0.0866. The molecule has 2 N–H and O–H groups in total. The topological polar surface area (TPSA) is 108 Å². The minimum absolute atomic E-state index is 0.143. The third-order valence-electron chi connectivity index (χ3n) is 8.15. The van der Waals surface area contributed by atoms with E-state index in [2.05, 4.69) is 62.7 Å². The highest BCUT2D eigenvalue weighted by Crippen LogP contribution is 2.38. The summed E-state index contributed by atoms with van der Waals surface area (Å²) < 4.78 is 1.99. The van der Waals surface area contributed by atoms with Crippen molar-refractivity contribution in [3.8, 4) is 6.07 Å². The van der Waals surface area contributed by atoms with E-state index >= 15 is 0 Å². The van der Waals surface area contributed by atoms with E-state index in [4.69, 9.17) is 34.8 Å². The van der Waals surface area contributed by atoms with Crippen molar-refractivity contribution < 1.29 is 0 Å². The number of nitriles is 1. The first-order valence-electron chi connectivity index (χ1n) is 14.7. The maximum atomic E-state index is 9.93. The van der Waals surface area contributed by atoms with E-state index in [1.807, 2.05) is 41.2 Å². The van der Waals surface area contributed by atoms with Crippen molar-refractivity contribution in [3.63, 3.8) is 0 Å². The van der Waals surface area contributed by atoms with Crippen molar-refractivity contribution in [2.45, 2.75) is 51.2 Å². The fourth-order valence-electron chi connectivity index (χ4n) is 5.76. The number of likely N-dealkylation sites (tertiary alicyclic amines) is 1. The summed E-state index contributed by atoms with van der Waals surface area (Å²) in [6.07, 6.45) is 8.75. The van der Waals surface area contributed by atoms with Gasteiger partial charge in [-0.05, 0) is 69.5 Å². The molecular formula is C33H32Cl3N9. The highest BCUT2D eigenvalue weighted by molar-refractivity contribution is 6.32. The molecule has 12 heteroatoms. The van der Waals surface area contributed by atoms with Gasteiger partial charge in [0.1, 0.15) is 11.8 Å². The summed E-state index contributed by atoms with van der Waals surface area (Å²) in [7, 11) is 0. The molecule has 0 radical (unpaired) electrons. The average Bonchev–Trinajstić information content (AvgIpc) is 3.50. The van der Waals surface area contributed by atoms with Crippen LogP contribution in [0.4, 0.5) is 17.1 Å². The first-order chi connectivity index (χ1) is 21.6. The van der Waals surface area contributed by atoms with E-state index in [1.165, 1.54) is 0 Å². The maximum absolute atomic E-state index is 9.93. The molecule has 5 aromatic rings. The second-order valence-electron chi connectivity index (χ2n) is 12.2. The first-order valence-corrected chi connectivity index (χ1v) is 15.8. The Labute approximate surface area is 277 Å². The van der Waals surface area contributed by atoms with Gasteiger partial charge in [0, 0.05) is 46.5 Å². The minimum Gasteiger partial charge on any atom is -0.371 e. The van der Waals surface area contributed by atoms with E-state index in [0.717, 1.165) is 37.2 Å². The average molecular weight is 661 g/mol. The van der Waals surface area contributed by atoms with Gasteiger partial charge in [-0.15, -0.1) is 5.10 Å². The summed E-state index contributed by atoms with van der Waals surface area (Å²) in [4.78, 5) is 11.4. The minimum atomic E-state index is -0.390. The van der Waals surface area contributed by atoms with Crippen molar-refractivity contribution in [3.05, 3.63) is 99.1 Å². The number of benzene rings is 2. The largest absolute Gasteiger partial charge is 0.371 e. The lowest BCUT2D eigenvalue weighted by Gasteiger charge is -2.40. The summed E-state index contributed by atoms with van der Waals surface area (Å²) >= 11 is 19.1. The van der Waals surface area contributed by atoms with Gasteiger partial charge in [-0.3, -0.25) is 14.9 Å². The van der Waals surface area contributed by atoms with Crippen LogP contribution in [0.5, 0.6) is 0 Å². The number of piperidine rings is 1. The highest BCUT2D eigenvalue weighted by atomic mass is 35.5. The molecule has 3 aromatic heterocycles. The summed E-state index contributed by atoms with van der Waals surface area (Å²) in [6.45, 7) is 8.79. The quantitative estimate of drug-likeness (QED) is 0.179. The standard InChI is InChI=1S/C33H32Cl3N9/c1-33(2,3)44-10-8-26(9-11-44)45-19-29(42-43-45)31(20-4-6-22(34)7-5-20)41-28-14-23(35)13-27-30(21(15-37)16-39-32(27)28)40-25-12-24(36)17-38-18-25/h4-7,12-14,16-19,26,31,41H,8-11H2,1-3H3,(H,39,40)/t31-/m0/s1. The zero-order valence-corrected chi connectivity index (χ0v) is 27.4. The van der Waals surface area contributed by atoms with Gasteiger partial charge < -0.3 is 10.6 Å². The number of hydrogen-bond donors (Lipinski definition) is 2. The molecule has 1 aliphatic rings. The normalized spacial score (nSPS) is 15.1. The van der Waals surface area contributed by atoms with Crippen LogP contribution in [0.15, 0.2) is 67.3 Å².